The maximum absolute atomic E-state index is 12.4. The van der Waals surface area contributed by atoms with Gasteiger partial charge >= 0.3 is 0 Å². The van der Waals surface area contributed by atoms with E-state index in [0.717, 1.165) is 43.2 Å². The minimum atomic E-state index is -0.364. The van der Waals surface area contributed by atoms with Crippen LogP contribution in [0.3, 0.4) is 0 Å². The van der Waals surface area contributed by atoms with E-state index in [2.05, 4.69) is 25.6 Å². The van der Waals surface area contributed by atoms with Crippen molar-refractivity contribution >= 4 is 22.9 Å². The number of carbonyl (C=O) groups excluding carboxylic acids is 1. The SMILES string of the molecule is Cc1csc(CN2CC[C@H]3C[C@@H](C(=O)Nc4cccnc4)O[C@H]3C2)n1. The molecule has 1 amide bonds. The Morgan fingerprint density at radius 1 is 1.52 bits per heavy atom. The zero-order chi connectivity index (χ0) is 17.2. The molecule has 132 valence electrons. The maximum Gasteiger partial charge on any atom is 0.253 e. The fourth-order valence-electron chi connectivity index (χ4n) is 3.63. The average Bonchev–Trinajstić information content (AvgIpc) is 3.21. The third-order valence-corrected chi connectivity index (χ3v) is 5.83. The lowest BCUT2D eigenvalue weighted by Crippen LogP contribution is -2.41. The van der Waals surface area contributed by atoms with Crippen LogP contribution in [-0.2, 0) is 16.1 Å². The maximum atomic E-state index is 12.4. The Hall–Kier alpha value is -1.83. The number of aromatic nitrogens is 2. The summed E-state index contributed by atoms with van der Waals surface area (Å²) in [7, 11) is 0. The zero-order valence-corrected chi connectivity index (χ0v) is 15.0. The van der Waals surface area contributed by atoms with Crippen molar-refractivity contribution in [2.75, 3.05) is 18.4 Å². The van der Waals surface area contributed by atoms with E-state index >= 15 is 0 Å². The van der Waals surface area contributed by atoms with Crippen molar-refractivity contribution in [2.45, 2.75) is 38.5 Å². The van der Waals surface area contributed by atoms with Crippen molar-refractivity contribution in [3.63, 3.8) is 0 Å². The summed E-state index contributed by atoms with van der Waals surface area (Å²) in [6.07, 6.45) is 5.00. The van der Waals surface area contributed by atoms with E-state index in [1.54, 1.807) is 23.7 Å². The first-order valence-electron chi connectivity index (χ1n) is 8.67. The van der Waals surface area contributed by atoms with Crippen molar-refractivity contribution in [2.24, 2.45) is 5.92 Å². The third kappa shape index (κ3) is 3.89. The van der Waals surface area contributed by atoms with E-state index < -0.39 is 0 Å². The van der Waals surface area contributed by atoms with Gasteiger partial charge in [-0.25, -0.2) is 4.98 Å². The first-order valence-corrected chi connectivity index (χ1v) is 9.55. The second-order valence-corrected chi connectivity index (χ2v) is 7.74. The quantitative estimate of drug-likeness (QED) is 0.909. The number of likely N-dealkylation sites (tertiary alicyclic amines) is 1. The number of fused-ring (bicyclic) bond motifs is 1. The lowest BCUT2D eigenvalue weighted by molar-refractivity contribution is -0.127. The molecular formula is C18H22N4O2S. The van der Waals surface area contributed by atoms with Crippen LogP contribution in [0.15, 0.2) is 29.9 Å². The summed E-state index contributed by atoms with van der Waals surface area (Å²) in [5.74, 6) is 0.406. The second kappa shape index (κ2) is 7.19. The molecule has 4 heterocycles. The summed E-state index contributed by atoms with van der Waals surface area (Å²) >= 11 is 1.71. The highest BCUT2D eigenvalue weighted by molar-refractivity contribution is 7.09. The second-order valence-electron chi connectivity index (χ2n) is 6.80. The largest absolute Gasteiger partial charge is 0.364 e. The van der Waals surface area contributed by atoms with Gasteiger partial charge in [-0.05, 0) is 44.4 Å². The summed E-state index contributed by atoms with van der Waals surface area (Å²) in [6.45, 7) is 4.81. The van der Waals surface area contributed by atoms with Gasteiger partial charge in [0.15, 0.2) is 0 Å². The number of nitrogens with one attached hydrogen (secondary N) is 1. The molecule has 25 heavy (non-hydrogen) atoms. The van der Waals surface area contributed by atoms with E-state index in [9.17, 15) is 4.79 Å². The van der Waals surface area contributed by atoms with Crippen molar-refractivity contribution in [1.82, 2.24) is 14.9 Å². The average molecular weight is 358 g/mol. The lowest BCUT2D eigenvalue weighted by atomic mass is 9.91. The number of aryl methyl sites for hydroxylation is 1. The molecule has 0 saturated carbocycles. The summed E-state index contributed by atoms with van der Waals surface area (Å²) in [5, 5.41) is 6.14. The van der Waals surface area contributed by atoms with Crippen LogP contribution in [0.4, 0.5) is 5.69 Å². The highest BCUT2D eigenvalue weighted by Crippen LogP contribution is 2.34. The molecule has 7 heteroatoms. The molecule has 6 nitrogen and oxygen atoms in total. The molecule has 4 rings (SSSR count). The van der Waals surface area contributed by atoms with Crippen LogP contribution in [0, 0.1) is 12.8 Å². The number of anilines is 1. The molecule has 2 saturated heterocycles. The summed E-state index contributed by atoms with van der Waals surface area (Å²) in [5.41, 5.74) is 1.80. The topological polar surface area (TPSA) is 67.4 Å². The van der Waals surface area contributed by atoms with Gasteiger partial charge in [0.1, 0.15) is 11.1 Å². The molecule has 3 atom stereocenters. The predicted octanol–water partition coefficient (Wildman–Crippen LogP) is 2.46. The molecule has 0 radical (unpaired) electrons. The van der Waals surface area contributed by atoms with Crippen LogP contribution < -0.4 is 5.32 Å². The normalized spacial score (nSPS) is 26.4. The van der Waals surface area contributed by atoms with Gasteiger partial charge in [0.2, 0.25) is 0 Å². The van der Waals surface area contributed by atoms with Gasteiger partial charge < -0.3 is 10.1 Å². The summed E-state index contributed by atoms with van der Waals surface area (Å²) in [4.78, 5) is 23.4. The highest BCUT2D eigenvalue weighted by Gasteiger charge is 2.41. The minimum absolute atomic E-state index is 0.0653. The van der Waals surface area contributed by atoms with Gasteiger partial charge in [-0.1, -0.05) is 0 Å². The Kier molecular flexibility index (Phi) is 4.78. The molecule has 0 aromatic carbocycles. The molecule has 0 aliphatic carbocycles. The number of nitrogens with zero attached hydrogens (tertiary/aromatic N) is 3. The Labute approximate surface area is 151 Å². The number of rotatable bonds is 4. The molecule has 1 N–H and O–H groups in total. The van der Waals surface area contributed by atoms with Crippen LogP contribution in [0.25, 0.3) is 0 Å². The lowest BCUT2D eigenvalue weighted by Gasteiger charge is -2.33. The van der Waals surface area contributed by atoms with Gasteiger partial charge in [-0.15, -0.1) is 11.3 Å². The summed E-state index contributed by atoms with van der Waals surface area (Å²) < 4.78 is 6.08. The number of ether oxygens (including phenoxy) is 1. The van der Waals surface area contributed by atoms with Gasteiger partial charge in [0, 0.05) is 23.8 Å². The molecule has 2 aliphatic rings. The minimum Gasteiger partial charge on any atom is -0.364 e. The van der Waals surface area contributed by atoms with E-state index in [0.29, 0.717) is 11.6 Å². The van der Waals surface area contributed by atoms with Crippen LogP contribution in [0.1, 0.15) is 23.5 Å². The van der Waals surface area contributed by atoms with Gasteiger partial charge in [0.05, 0.1) is 24.5 Å². The number of amides is 1. The van der Waals surface area contributed by atoms with E-state index in [1.807, 2.05) is 19.1 Å². The number of carbonyl (C=O) groups is 1. The molecule has 2 aromatic rings. The van der Waals surface area contributed by atoms with Crippen molar-refractivity contribution in [1.29, 1.82) is 0 Å². The Bertz CT molecular complexity index is 736. The van der Waals surface area contributed by atoms with Gasteiger partial charge in [0.25, 0.3) is 5.91 Å². The molecule has 0 spiro atoms. The zero-order valence-electron chi connectivity index (χ0n) is 14.2. The first kappa shape index (κ1) is 16.6. The van der Waals surface area contributed by atoms with Gasteiger partial charge in [-0.2, -0.15) is 0 Å². The van der Waals surface area contributed by atoms with Gasteiger partial charge in [-0.3, -0.25) is 14.7 Å². The highest BCUT2D eigenvalue weighted by atomic mass is 32.1. The number of piperidine rings is 1. The smallest absolute Gasteiger partial charge is 0.253 e. The van der Waals surface area contributed by atoms with E-state index in [4.69, 9.17) is 4.74 Å². The molecule has 2 aromatic heterocycles. The van der Waals surface area contributed by atoms with E-state index in [-0.39, 0.29) is 18.1 Å². The molecule has 0 unspecified atom stereocenters. The summed E-state index contributed by atoms with van der Waals surface area (Å²) in [6, 6.07) is 3.65. The van der Waals surface area contributed by atoms with Crippen molar-refractivity contribution in [3.8, 4) is 0 Å². The predicted molar refractivity (Wildman–Crippen MR) is 96.4 cm³/mol. The standard InChI is InChI=1S/C18H22N4O2S/c1-12-11-25-17(20-12)10-22-6-4-13-7-15(24-16(13)9-22)18(23)21-14-3-2-5-19-8-14/h2-3,5,8,11,13,15-16H,4,6-7,9-10H2,1H3,(H,21,23)/t13-,15-,16-/m0/s1. The van der Waals surface area contributed by atoms with Crippen LogP contribution in [-0.4, -0.2) is 46.1 Å². The molecular weight excluding hydrogens is 336 g/mol. The number of pyridine rings is 1. The third-order valence-electron chi connectivity index (χ3n) is 4.88. The Morgan fingerprint density at radius 2 is 2.44 bits per heavy atom. The number of hydrogen-bond donors (Lipinski definition) is 1. The molecule has 2 aliphatic heterocycles. The first-order chi connectivity index (χ1) is 12.2. The number of thiazole rings is 1. The number of hydrogen-bond acceptors (Lipinski definition) is 6. The Morgan fingerprint density at radius 3 is 3.20 bits per heavy atom. The van der Waals surface area contributed by atoms with E-state index in [1.165, 1.54) is 0 Å². The van der Waals surface area contributed by atoms with Crippen LogP contribution in [0.2, 0.25) is 0 Å². The van der Waals surface area contributed by atoms with Crippen molar-refractivity contribution in [3.05, 3.63) is 40.6 Å². The van der Waals surface area contributed by atoms with Crippen LogP contribution >= 0.6 is 11.3 Å². The fraction of sp³-hybridized carbons (Fsp3) is 0.500. The fourth-order valence-corrected chi connectivity index (χ4v) is 4.45. The van der Waals surface area contributed by atoms with Crippen molar-refractivity contribution < 1.29 is 9.53 Å². The van der Waals surface area contributed by atoms with Crippen LogP contribution in [0.5, 0.6) is 0 Å². The molecule has 2 fully saturated rings. The monoisotopic (exact) mass is 358 g/mol. The Balaban J connectivity index is 1.33. The molecule has 0 bridgehead atoms.